The molecule has 0 spiro atoms. The van der Waals surface area contributed by atoms with Crippen molar-refractivity contribution in [2.75, 3.05) is 26.8 Å². The number of hydrogen-bond donors (Lipinski definition) is 1. The van der Waals surface area contributed by atoms with E-state index in [9.17, 15) is 14.9 Å². The van der Waals surface area contributed by atoms with Crippen molar-refractivity contribution in [2.24, 2.45) is 0 Å². The molecule has 1 amide bonds. The summed E-state index contributed by atoms with van der Waals surface area (Å²) in [5.74, 6) is -0.0643. The number of ether oxygens (including phenoxy) is 1. The standard InChI is InChI=1S/C14H18ClN3O4/c1-17(14(19)7-11-9-22-5-4-16-11)8-10-6-12(18(20)21)2-3-13(10)15/h2-3,6,11,16H,4-5,7-9H2,1H3. The van der Waals surface area contributed by atoms with Gasteiger partial charge in [-0.1, -0.05) is 11.6 Å². The van der Waals surface area contributed by atoms with Gasteiger partial charge < -0.3 is 15.0 Å². The minimum atomic E-state index is -0.481. The van der Waals surface area contributed by atoms with E-state index in [1.165, 1.54) is 23.1 Å². The fourth-order valence-electron chi connectivity index (χ4n) is 2.26. The maximum Gasteiger partial charge on any atom is 0.269 e. The molecule has 0 saturated carbocycles. The van der Waals surface area contributed by atoms with Crippen molar-refractivity contribution < 1.29 is 14.5 Å². The minimum Gasteiger partial charge on any atom is -0.378 e. The molecule has 1 unspecified atom stereocenters. The van der Waals surface area contributed by atoms with Crippen molar-refractivity contribution in [1.82, 2.24) is 10.2 Å². The molecule has 120 valence electrons. The van der Waals surface area contributed by atoms with Gasteiger partial charge in [-0.25, -0.2) is 0 Å². The third-order valence-electron chi connectivity index (χ3n) is 3.49. The van der Waals surface area contributed by atoms with Crippen molar-refractivity contribution >= 4 is 23.2 Å². The van der Waals surface area contributed by atoms with E-state index in [-0.39, 0.29) is 24.2 Å². The van der Waals surface area contributed by atoms with E-state index < -0.39 is 4.92 Å². The van der Waals surface area contributed by atoms with Crippen LogP contribution in [0.1, 0.15) is 12.0 Å². The summed E-state index contributed by atoms with van der Waals surface area (Å²) in [6.45, 7) is 2.13. The van der Waals surface area contributed by atoms with Gasteiger partial charge in [-0.3, -0.25) is 14.9 Å². The summed E-state index contributed by atoms with van der Waals surface area (Å²) >= 11 is 6.05. The van der Waals surface area contributed by atoms with Crippen LogP contribution in [0.4, 0.5) is 5.69 Å². The van der Waals surface area contributed by atoms with Gasteiger partial charge in [0, 0.05) is 49.8 Å². The van der Waals surface area contributed by atoms with E-state index in [1.807, 2.05) is 0 Å². The van der Waals surface area contributed by atoms with Crippen LogP contribution in [0.2, 0.25) is 5.02 Å². The van der Waals surface area contributed by atoms with Crippen LogP contribution in [0.15, 0.2) is 18.2 Å². The van der Waals surface area contributed by atoms with Gasteiger partial charge in [0.15, 0.2) is 0 Å². The van der Waals surface area contributed by atoms with Crippen LogP contribution in [0.3, 0.4) is 0 Å². The van der Waals surface area contributed by atoms with Gasteiger partial charge in [-0.2, -0.15) is 0 Å². The molecular weight excluding hydrogens is 310 g/mol. The maximum absolute atomic E-state index is 12.2. The van der Waals surface area contributed by atoms with E-state index >= 15 is 0 Å². The molecule has 1 atom stereocenters. The predicted octanol–water partition coefficient (Wildman–Crippen LogP) is 1.59. The number of nitrogens with one attached hydrogen (secondary N) is 1. The number of non-ortho nitro benzene ring substituents is 1. The van der Waals surface area contributed by atoms with Gasteiger partial charge >= 0.3 is 0 Å². The average Bonchev–Trinajstić information content (AvgIpc) is 2.50. The van der Waals surface area contributed by atoms with Crippen LogP contribution in [0, 0.1) is 10.1 Å². The summed E-state index contributed by atoms with van der Waals surface area (Å²) in [6.07, 6.45) is 0.322. The number of carbonyl (C=O) groups is 1. The van der Waals surface area contributed by atoms with E-state index in [2.05, 4.69) is 5.32 Å². The molecule has 0 bridgehead atoms. The van der Waals surface area contributed by atoms with Gasteiger partial charge in [-0.05, 0) is 11.6 Å². The van der Waals surface area contributed by atoms with Gasteiger partial charge in [0.25, 0.3) is 5.69 Å². The van der Waals surface area contributed by atoms with Crippen molar-refractivity contribution in [3.63, 3.8) is 0 Å². The first-order chi connectivity index (χ1) is 10.5. The zero-order valence-corrected chi connectivity index (χ0v) is 13.0. The molecule has 22 heavy (non-hydrogen) atoms. The van der Waals surface area contributed by atoms with Gasteiger partial charge in [0.1, 0.15) is 0 Å². The Bertz CT molecular complexity index is 561. The largest absolute Gasteiger partial charge is 0.378 e. The van der Waals surface area contributed by atoms with Gasteiger partial charge in [0.05, 0.1) is 18.1 Å². The molecule has 8 heteroatoms. The highest BCUT2D eigenvalue weighted by Crippen LogP contribution is 2.23. The summed E-state index contributed by atoms with van der Waals surface area (Å²) in [7, 11) is 1.65. The zero-order chi connectivity index (χ0) is 16.1. The number of nitro groups is 1. The summed E-state index contributed by atoms with van der Waals surface area (Å²) in [5, 5.41) is 14.4. The Morgan fingerprint density at radius 1 is 1.59 bits per heavy atom. The maximum atomic E-state index is 12.2. The number of halogens is 1. The monoisotopic (exact) mass is 327 g/mol. The Balaban J connectivity index is 1.98. The van der Waals surface area contributed by atoms with E-state index in [0.717, 1.165) is 6.54 Å². The summed E-state index contributed by atoms with van der Waals surface area (Å²) in [4.78, 5) is 24.0. The molecule has 1 aliphatic heterocycles. The molecule has 1 heterocycles. The van der Waals surface area contributed by atoms with Gasteiger partial charge in [-0.15, -0.1) is 0 Å². The second-order valence-electron chi connectivity index (χ2n) is 5.21. The van der Waals surface area contributed by atoms with E-state index in [4.69, 9.17) is 16.3 Å². The molecule has 1 aromatic carbocycles. The highest BCUT2D eigenvalue weighted by Gasteiger charge is 2.20. The Labute approximate surface area is 133 Å². The van der Waals surface area contributed by atoms with E-state index in [0.29, 0.717) is 30.2 Å². The molecule has 1 fully saturated rings. The van der Waals surface area contributed by atoms with Crippen molar-refractivity contribution in [3.8, 4) is 0 Å². The van der Waals surface area contributed by atoms with Crippen molar-refractivity contribution in [3.05, 3.63) is 38.9 Å². The Hall–Kier alpha value is -1.70. The average molecular weight is 328 g/mol. The van der Waals surface area contributed by atoms with Crippen LogP contribution in [-0.2, 0) is 16.1 Å². The lowest BCUT2D eigenvalue weighted by atomic mass is 10.1. The highest BCUT2D eigenvalue weighted by molar-refractivity contribution is 6.31. The first kappa shape index (κ1) is 16.7. The van der Waals surface area contributed by atoms with Gasteiger partial charge in [0.2, 0.25) is 5.91 Å². The number of rotatable bonds is 5. The second kappa shape index (κ2) is 7.53. The predicted molar refractivity (Wildman–Crippen MR) is 81.8 cm³/mol. The Kier molecular flexibility index (Phi) is 5.70. The lowest BCUT2D eigenvalue weighted by molar-refractivity contribution is -0.384. The molecule has 1 aliphatic rings. The van der Waals surface area contributed by atoms with Crippen molar-refractivity contribution in [2.45, 2.75) is 19.0 Å². The molecule has 2 rings (SSSR count). The molecule has 1 N–H and O–H groups in total. The number of carbonyl (C=O) groups excluding carboxylic acids is 1. The van der Waals surface area contributed by atoms with Crippen molar-refractivity contribution in [1.29, 1.82) is 0 Å². The van der Waals surface area contributed by atoms with E-state index in [1.54, 1.807) is 7.05 Å². The lowest BCUT2D eigenvalue weighted by Gasteiger charge is -2.26. The van der Waals surface area contributed by atoms with Crippen LogP contribution in [0.25, 0.3) is 0 Å². The van der Waals surface area contributed by atoms with Crippen LogP contribution in [-0.4, -0.2) is 48.6 Å². The summed E-state index contributed by atoms with van der Waals surface area (Å²) < 4.78 is 5.31. The quantitative estimate of drug-likeness (QED) is 0.655. The molecule has 7 nitrogen and oxygen atoms in total. The van der Waals surface area contributed by atoms with Crippen LogP contribution < -0.4 is 5.32 Å². The first-order valence-corrected chi connectivity index (χ1v) is 7.33. The molecule has 1 aromatic rings. The number of nitro benzene ring substituents is 1. The first-order valence-electron chi connectivity index (χ1n) is 6.95. The normalized spacial score (nSPS) is 18.0. The third-order valence-corrected chi connectivity index (χ3v) is 3.86. The molecule has 0 aromatic heterocycles. The fraction of sp³-hybridized carbons (Fsp3) is 0.500. The number of hydrogen-bond acceptors (Lipinski definition) is 5. The SMILES string of the molecule is CN(Cc1cc([N+](=O)[O-])ccc1Cl)C(=O)CC1COCCN1. The number of benzene rings is 1. The third kappa shape index (κ3) is 4.40. The lowest BCUT2D eigenvalue weighted by Crippen LogP contribution is -2.44. The number of nitrogens with zero attached hydrogens (tertiary/aromatic N) is 2. The van der Waals surface area contributed by atoms with Crippen LogP contribution in [0.5, 0.6) is 0 Å². The fourth-order valence-corrected chi connectivity index (χ4v) is 2.43. The smallest absolute Gasteiger partial charge is 0.269 e. The second-order valence-corrected chi connectivity index (χ2v) is 5.62. The molecule has 0 aliphatic carbocycles. The molecule has 0 radical (unpaired) electrons. The minimum absolute atomic E-state index is 0.00396. The van der Waals surface area contributed by atoms with Crippen LogP contribution >= 0.6 is 11.6 Å². The molecule has 1 saturated heterocycles. The molecular formula is C14H18ClN3O4. The zero-order valence-electron chi connectivity index (χ0n) is 12.3. The highest BCUT2D eigenvalue weighted by atomic mass is 35.5. The Morgan fingerprint density at radius 2 is 2.36 bits per heavy atom. The summed E-state index contributed by atoms with van der Waals surface area (Å²) in [6, 6.07) is 4.22. The topological polar surface area (TPSA) is 84.7 Å². The Morgan fingerprint density at radius 3 is 3.00 bits per heavy atom. The summed E-state index contributed by atoms with van der Waals surface area (Å²) in [5.41, 5.74) is 0.516. The number of morpholine rings is 1. The number of amides is 1.